The van der Waals surface area contributed by atoms with Crippen LogP contribution in [0.5, 0.6) is 0 Å². The van der Waals surface area contributed by atoms with Crippen molar-refractivity contribution < 1.29 is 4.52 Å². The molecule has 0 atom stereocenters. The van der Waals surface area contributed by atoms with Crippen molar-refractivity contribution in [3.63, 3.8) is 0 Å². The van der Waals surface area contributed by atoms with Crippen molar-refractivity contribution in [2.75, 3.05) is 5.73 Å². The van der Waals surface area contributed by atoms with Crippen LogP contribution in [0, 0.1) is 6.92 Å². The second-order valence-electron chi connectivity index (χ2n) is 4.62. The summed E-state index contributed by atoms with van der Waals surface area (Å²) < 4.78 is 6.16. The summed E-state index contributed by atoms with van der Waals surface area (Å²) in [6.45, 7) is 2.05. The molecular formula is C16H13BrN2O. The highest BCUT2D eigenvalue weighted by Gasteiger charge is 2.18. The summed E-state index contributed by atoms with van der Waals surface area (Å²) in [5.74, 6) is 0.326. The van der Waals surface area contributed by atoms with E-state index in [1.165, 1.54) is 5.56 Å². The van der Waals surface area contributed by atoms with Gasteiger partial charge in [-0.05, 0) is 13.0 Å². The summed E-state index contributed by atoms with van der Waals surface area (Å²) in [5.41, 5.74) is 10.7. The molecule has 0 unspecified atom stereocenters. The molecule has 0 spiro atoms. The lowest BCUT2D eigenvalue weighted by atomic mass is 10.0. The average molecular weight is 329 g/mol. The average Bonchev–Trinajstić information content (AvgIpc) is 2.82. The minimum Gasteiger partial charge on any atom is -0.367 e. The zero-order valence-corrected chi connectivity index (χ0v) is 12.5. The molecule has 3 rings (SSSR count). The van der Waals surface area contributed by atoms with E-state index >= 15 is 0 Å². The topological polar surface area (TPSA) is 52.0 Å². The molecule has 0 bridgehead atoms. The first-order valence-corrected chi connectivity index (χ1v) is 7.03. The quantitative estimate of drug-likeness (QED) is 0.744. The van der Waals surface area contributed by atoms with Crippen molar-refractivity contribution >= 4 is 21.8 Å². The number of nitrogens with two attached hydrogens (primary N) is 1. The fourth-order valence-corrected chi connectivity index (χ4v) is 2.62. The number of nitrogen functional groups attached to an aromatic ring is 1. The Bertz CT molecular complexity index is 747. The highest BCUT2D eigenvalue weighted by atomic mass is 79.9. The fourth-order valence-electron chi connectivity index (χ4n) is 2.14. The number of aryl methyl sites for hydroxylation is 1. The van der Waals surface area contributed by atoms with Crippen molar-refractivity contribution in [2.45, 2.75) is 6.92 Å². The molecule has 1 aromatic heterocycles. The van der Waals surface area contributed by atoms with E-state index in [2.05, 4.69) is 28.0 Å². The number of hydrogen-bond acceptors (Lipinski definition) is 3. The molecule has 0 fully saturated rings. The second kappa shape index (κ2) is 5.13. The summed E-state index contributed by atoms with van der Waals surface area (Å²) in [5, 5.41) is 4.11. The molecule has 2 aromatic carbocycles. The molecule has 0 aliphatic rings. The standard InChI is InChI=1S/C16H13BrN2O/c1-10-6-8-11(9-7-10)15-14(16(18)20-19-15)12-4-2-3-5-13(12)17/h2-9H,18H2,1H3. The van der Waals surface area contributed by atoms with Gasteiger partial charge in [-0.15, -0.1) is 0 Å². The van der Waals surface area contributed by atoms with Crippen LogP contribution in [-0.2, 0) is 0 Å². The number of nitrogens with zero attached hydrogens (tertiary/aromatic N) is 1. The minimum atomic E-state index is 0.326. The van der Waals surface area contributed by atoms with Gasteiger partial charge in [-0.2, -0.15) is 0 Å². The van der Waals surface area contributed by atoms with Crippen LogP contribution < -0.4 is 5.73 Å². The van der Waals surface area contributed by atoms with Crippen LogP contribution in [0.4, 0.5) is 5.88 Å². The van der Waals surface area contributed by atoms with Gasteiger partial charge in [0.25, 0.3) is 0 Å². The molecule has 0 amide bonds. The Balaban J connectivity index is 2.20. The SMILES string of the molecule is Cc1ccc(-c2noc(N)c2-c2ccccc2Br)cc1. The molecule has 100 valence electrons. The van der Waals surface area contributed by atoms with Crippen LogP contribution >= 0.6 is 15.9 Å². The van der Waals surface area contributed by atoms with Gasteiger partial charge >= 0.3 is 0 Å². The Kier molecular flexibility index (Phi) is 3.32. The molecule has 1 heterocycles. The molecule has 0 aliphatic heterocycles. The van der Waals surface area contributed by atoms with Crippen LogP contribution in [0.2, 0.25) is 0 Å². The summed E-state index contributed by atoms with van der Waals surface area (Å²) in [6.07, 6.45) is 0. The number of aromatic nitrogens is 1. The first-order chi connectivity index (χ1) is 9.66. The van der Waals surface area contributed by atoms with Gasteiger partial charge in [0.05, 0.1) is 5.56 Å². The van der Waals surface area contributed by atoms with Gasteiger partial charge in [-0.25, -0.2) is 0 Å². The van der Waals surface area contributed by atoms with E-state index in [1.54, 1.807) is 0 Å². The van der Waals surface area contributed by atoms with Gasteiger partial charge in [0.1, 0.15) is 5.69 Å². The first kappa shape index (κ1) is 12.9. The number of hydrogen-bond donors (Lipinski definition) is 1. The maximum Gasteiger partial charge on any atom is 0.230 e. The highest BCUT2D eigenvalue weighted by molar-refractivity contribution is 9.10. The molecule has 0 saturated heterocycles. The summed E-state index contributed by atoms with van der Waals surface area (Å²) in [6, 6.07) is 16.0. The van der Waals surface area contributed by atoms with Crippen LogP contribution in [0.15, 0.2) is 57.5 Å². The van der Waals surface area contributed by atoms with E-state index in [0.717, 1.165) is 26.9 Å². The maximum atomic E-state index is 5.96. The van der Waals surface area contributed by atoms with E-state index in [-0.39, 0.29) is 0 Å². The third kappa shape index (κ3) is 2.23. The Hall–Kier alpha value is -2.07. The van der Waals surface area contributed by atoms with E-state index < -0.39 is 0 Å². The predicted octanol–water partition coefficient (Wildman–Crippen LogP) is 4.66. The second-order valence-corrected chi connectivity index (χ2v) is 5.47. The number of halogens is 1. The number of benzene rings is 2. The van der Waals surface area contributed by atoms with Crippen molar-refractivity contribution in [2.24, 2.45) is 0 Å². The molecule has 4 heteroatoms. The number of rotatable bonds is 2. The fraction of sp³-hybridized carbons (Fsp3) is 0.0625. The summed E-state index contributed by atoms with van der Waals surface area (Å²) in [7, 11) is 0. The summed E-state index contributed by atoms with van der Waals surface area (Å²) in [4.78, 5) is 0. The van der Waals surface area contributed by atoms with Gasteiger partial charge in [-0.3, -0.25) is 0 Å². The smallest absolute Gasteiger partial charge is 0.230 e. The molecule has 3 nitrogen and oxygen atoms in total. The Labute approximate surface area is 125 Å². The number of anilines is 1. The van der Waals surface area contributed by atoms with Crippen LogP contribution in [0.3, 0.4) is 0 Å². The normalized spacial score (nSPS) is 10.7. The van der Waals surface area contributed by atoms with E-state index in [9.17, 15) is 0 Å². The van der Waals surface area contributed by atoms with Crippen molar-refractivity contribution in [1.82, 2.24) is 5.16 Å². The molecule has 2 N–H and O–H groups in total. The first-order valence-electron chi connectivity index (χ1n) is 6.24. The summed E-state index contributed by atoms with van der Waals surface area (Å²) >= 11 is 3.55. The van der Waals surface area contributed by atoms with E-state index in [1.807, 2.05) is 48.5 Å². The van der Waals surface area contributed by atoms with Crippen molar-refractivity contribution in [3.8, 4) is 22.4 Å². The van der Waals surface area contributed by atoms with Gasteiger partial charge in [0, 0.05) is 15.6 Å². The predicted molar refractivity (Wildman–Crippen MR) is 84.2 cm³/mol. The molecular weight excluding hydrogens is 316 g/mol. The van der Waals surface area contributed by atoms with Crippen molar-refractivity contribution in [1.29, 1.82) is 0 Å². The molecule has 0 aliphatic carbocycles. The molecule has 3 aromatic rings. The van der Waals surface area contributed by atoms with Crippen LogP contribution in [-0.4, -0.2) is 5.16 Å². The third-order valence-electron chi connectivity index (χ3n) is 3.19. The van der Waals surface area contributed by atoms with Gasteiger partial charge in [0.2, 0.25) is 5.88 Å². The van der Waals surface area contributed by atoms with Crippen LogP contribution in [0.25, 0.3) is 22.4 Å². The van der Waals surface area contributed by atoms with E-state index in [4.69, 9.17) is 10.3 Å². The zero-order valence-electron chi connectivity index (χ0n) is 10.9. The highest BCUT2D eigenvalue weighted by Crippen LogP contribution is 2.39. The Morgan fingerprint density at radius 2 is 1.75 bits per heavy atom. The molecule has 0 radical (unpaired) electrons. The zero-order chi connectivity index (χ0) is 14.1. The van der Waals surface area contributed by atoms with Gasteiger partial charge in [-0.1, -0.05) is 69.1 Å². The Morgan fingerprint density at radius 1 is 1.05 bits per heavy atom. The monoisotopic (exact) mass is 328 g/mol. The lowest BCUT2D eigenvalue weighted by Crippen LogP contribution is -1.88. The van der Waals surface area contributed by atoms with Gasteiger partial charge < -0.3 is 10.3 Å². The minimum absolute atomic E-state index is 0.326. The lowest BCUT2D eigenvalue weighted by molar-refractivity contribution is 0.439. The Morgan fingerprint density at radius 3 is 2.45 bits per heavy atom. The third-order valence-corrected chi connectivity index (χ3v) is 3.88. The molecule has 20 heavy (non-hydrogen) atoms. The van der Waals surface area contributed by atoms with Gasteiger partial charge in [0.15, 0.2) is 0 Å². The van der Waals surface area contributed by atoms with Crippen LogP contribution in [0.1, 0.15) is 5.56 Å². The molecule has 0 saturated carbocycles. The maximum absolute atomic E-state index is 5.96. The van der Waals surface area contributed by atoms with E-state index in [0.29, 0.717) is 5.88 Å². The lowest BCUT2D eigenvalue weighted by Gasteiger charge is -2.05. The largest absolute Gasteiger partial charge is 0.367 e. The van der Waals surface area contributed by atoms with Crippen molar-refractivity contribution in [3.05, 3.63) is 58.6 Å².